The molecule has 0 N–H and O–H groups in total. The second-order valence-corrected chi connectivity index (χ2v) is 6.25. The van der Waals surface area contributed by atoms with Crippen LogP contribution in [0.3, 0.4) is 0 Å². The number of piperidine rings is 1. The van der Waals surface area contributed by atoms with E-state index >= 15 is 0 Å². The van der Waals surface area contributed by atoms with Gasteiger partial charge in [-0.1, -0.05) is 18.2 Å². The van der Waals surface area contributed by atoms with Gasteiger partial charge in [-0.3, -0.25) is 9.59 Å². The molecule has 0 atom stereocenters. The third-order valence-electron chi connectivity index (χ3n) is 4.61. The van der Waals surface area contributed by atoms with Crippen LogP contribution < -0.4 is 0 Å². The third kappa shape index (κ3) is 4.10. The average molecular weight is 326 g/mol. The highest BCUT2D eigenvalue weighted by atomic mass is 16.3. The van der Waals surface area contributed by atoms with E-state index in [1.54, 1.807) is 0 Å². The first-order valence-electron chi connectivity index (χ1n) is 8.51. The summed E-state index contributed by atoms with van der Waals surface area (Å²) in [5, 5.41) is 0. The Morgan fingerprint density at radius 2 is 1.92 bits per heavy atom. The van der Waals surface area contributed by atoms with Crippen LogP contribution in [0.25, 0.3) is 0 Å². The van der Waals surface area contributed by atoms with Crippen molar-refractivity contribution in [1.82, 2.24) is 9.88 Å². The molecule has 5 heteroatoms. The normalized spacial score (nSPS) is 15.4. The molecule has 0 unspecified atom stereocenters. The molecule has 1 fully saturated rings. The van der Waals surface area contributed by atoms with Crippen molar-refractivity contribution in [3.05, 3.63) is 54.2 Å². The van der Waals surface area contributed by atoms with Gasteiger partial charge in [-0.2, -0.15) is 0 Å². The fraction of sp³-hybridized carbons (Fsp3) is 0.421. The van der Waals surface area contributed by atoms with E-state index < -0.39 is 0 Å². The van der Waals surface area contributed by atoms with Crippen LogP contribution in [0.15, 0.2) is 47.2 Å². The van der Waals surface area contributed by atoms with Crippen molar-refractivity contribution in [2.24, 2.45) is 5.92 Å². The van der Waals surface area contributed by atoms with Gasteiger partial charge in [-0.25, -0.2) is 4.98 Å². The number of Topliss-reactive ketones (excluding diaryl/α,β-unsaturated/α-hetero) is 1. The minimum absolute atomic E-state index is 0.0308. The molecule has 0 radical (unpaired) electrons. The van der Waals surface area contributed by atoms with Crippen molar-refractivity contribution < 1.29 is 14.0 Å². The SMILES string of the molecule is O=C(CCCC1CCN(C(=O)c2ccccc2)CC1)c1ncco1. The minimum atomic E-state index is -0.0308. The summed E-state index contributed by atoms with van der Waals surface area (Å²) in [6.07, 6.45) is 7.26. The van der Waals surface area contributed by atoms with E-state index in [0.29, 0.717) is 12.3 Å². The second kappa shape index (κ2) is 7.90. The smallest absolute Gasteiger partial charge is 0.263 e. The summed E-state index contributed by atoms with van der Waals surface area (Å²) in [5.41, 5.74) is 0.757. The molecule has 1 aliphatic rings. The fourth-order valence-electron chi connectivity index (χ4n) is 3.21. The number of benzene rings is 1. The number of hydrogen-bond donors (Lipinski definition) is 0. The maximum Gasteiger partial charge on any atom is 0.263 e. The van der Waals surface area contributed by atoms with Crippen LogP contribution in [0.2, 0.25) is 0 Å². The van der Waals surface area contributed by atoms with Gasteiger partial charge in [0.1, 0.15) is 6.26 Å². The quantitative estimate of drug-likeness (QED) is 0.761. The number of likely N-dealkylation sites (tertiary alicyclic amines) is 1. The monoisotopic (exact) mass is 326 g/mol. The highest BCUT2D eigenvalue weighted by molar-refractivity contribution is 5.94. The molecule has 0 bridgehead atoms. The lowest BCUT2D eigenvalue weighted by Gasteiger charge is -2.32. The highest BCUT2D eigenvalue weighted by Crippen LogP contribution is 2.24. The van der Waals surface area contributed by atoms with E-state index in [-0.39, 0.29) is 17.6 Å². The maximum absolute atomic E-state index is 12.4. The number of ketones is 1. The lowest BCUT2D eigenvalue weighted by molar-refractivity contribution is 0.0685. The van der Waals surface area contributed by atoms with Gasteiger partial charge in [0, 0.05) is 25.1 Å². The molecule has 1 aromatic carbocycles. The molecule has 1 aromatic heterocycles. The van der Waals surface area contributed by atoms with E-state index in [4.69, 9.17) is 4.42 Å². The van der Waals surface area contributed by atoms with Gasteiger partial charge in [-0.15, -0.1) is 0 Å². The van der Waals surface area contributed by atoms with Crippen LogP contribution in [-0.4, -0.2) is 34.7 Å². The number of amides is 1. The first-order valence-corrected chi connectivity index (χ1v) is 8.51. The predicted octanol–water partition coefficient (Wildman–Crippen LogP) is 3.58. The van der Waals surface area contributed by atoms with Crippen LogP contribution >= 0.6 is 0 Å². The molecule has 1 amide bonds. The van der Waals surface area contributed by atoms with Crippen molar-refractivity contribution in [3.8, 4) is 0 Å². The Kier molecular flexibility index (Phi) is 5.41. The highest BCUT2D eigenvalue weighted by Gasteiger charge is 2.23. The summed E-state index contributed by atoms with van der Waals surface area (Å²) in [5.74, 6) is 0.880. The summed E-state index contributed by atoms with van der Waals surface area (Å²) >= 11 is 0. The van der Waals surface area contributed by atoms with Crippen molar-refractivity contribution in [2.45, 2.75) is 32.1 Å². The predicted molar refractivity (Wildman–Crippen MR) is 89.8 cm³/mol. The standard InChI is InChI=1S/C19H22N2O3/c22-17(18-20-11-14-24-18)8-4-5-15-9-12-21(13-10-15)19(23)16-6-2-1-3-7-16/h1-3,6-7,11,14-15H,4-5,8-10,12-13H2. The summed E-state index contributed by atoms with van der Waals surface area (Å²) in [6, 6.07) is 9.43. The molecule has 2 aromatic rings. The Morgan fingerprint density at radius 1 is 1.17 bits per heavy atom. The lowest BCUT2D eigenvalue weighted by Crippen LogP contribution is -2.38. The van der Waals surface area contributed by atoms with Crippen molar-refractivity contribution in [2.75, 3.05) is 13.1 Å². The minimum Gasteiger partial charge on any atom is -0.442 e. The van der Waals surface area contributed by atoms with Gasteiger partial charge in [0.2, 0.25) is 5.78 Å². The Balaban J connectivity index is 1.39. The van der Waals surface area contributed by atoms with E-state index in [1.807, 2.05) is 35.2 Å². The van der Waals surface area contributed by atoms with Crippen LogP contribution in [-0.2, 0) is 0 Å². The number of carbonyl (C=O) groups excluding carboxylic acids is 2. The first-order chi connectivity index (χ1) is 11.7. The zero-order valence-corrected chi connectivity index (χ0v) is 13.7. The van der Waals surface area contributed by atoms with E-state index in [0.717, 1.165) is 44.3 Å². The van der Waals surface area contributed by atoms with Gasteiger partial charge in [0.25, 0.3) is 11.8 Å². The molecule has 5 nitrogen and oxygen atoms in total. The molecular weight excluding hydrogens is 304 g/mol. The zero-order valence-electron chi connectivity index (χ0n) is 13.7. The molecule has 3 rings (SSSR count). The van der Waals surface area contributed by atoms with E-state index in [9.17, 15) is 9.59 Å². The molecule has 0 aliphatic carbocycles. The first kappa shape index (κ1) is 16.4. The summed E-state index contributed by atoms with van der Waals surface area (Å²) in [6.45, 7) is 1.60. The van der Waals surface area contributed by atoms with Gasteiger partial charge in [-0.05, 0) is 43.7 Å². The van der Waals surface area contributed by atoms with Crippen molar-refractivity contribution in [3.63, 3.8) is 0 Å². The Morgan fingerprint density at radius 3 is 2.58 bits per heavy atom. The lowest BCUT2D eigenvalue weighted by atomic mass is 9.91. The number of aromatic nitrogens is 1. The average Bonchev–Trinajstić information content (AvgIpc) is 3.17. The van der Waals surface area contributed by atoms with Gasteiger partial charge >= 0.3 is 0 Å². The van der Waals surface area contributed by atoms with Crippen LogP contribution in [0.4, 0.5) is 0 Å². The molecule has 0 spiro atoms. The molecule has 1 saturated heterocycles. The van der Waals surface area contributed by atoms with Crippen LogP contribution in [0, 0.1) is 5.92 Å². The summed E-state index contributed by atoms with van der Waals surface area (Å²) in [7, 11) is 0. The topological polar surface area (TPSA) is 63.4 Å². The second-order valence-electron chi connectivity index (χ2n) is 6.25. The number of oxazole rings is 1. The van der Waals surface area contributed by atoms with Crippen LogP contribution in [0.5, 0.6) is 0 Å². The molecule has 2 heterocycles. The van der Waals surface area contributed by atoms with Crippen molar-refractivity contribution >= 4 is 11.7 Å². The maximum atomic E-state index is 12.4. The summed E-state index contributed by atoms with van der Waals surface area (Å²) in [4.78, 5) is 30.1. The molecule has 0 saturated carbocycles. The number of hydrogen-bond acceptors (Lipinski definition) is 4. The Bertz CT molecular complexity index is 659. The summed E-state index contributed by atoms with van der Waals surface area (Å²) < 4.78 is 5.02. The van der Waals surface area contributed by atoms with Crippen molar-refractivity contribution in [1.29, 1.82) is 0 Å². The molecular formula is C19H22N2O3. The zero-order chi connectivity index (χ0) is 16.8. The number of rotatable bonds is 6. The molecule has 24 heavy (non-hydrogen) atoms. The third-order valence-corrected chi connectivity index (χ3v) is 4.61. The Hall–Kier alpha value is -2.43. The molecule has 126 valence electrons. The Labute approximate surface area is 141 Å². The largest absolute Gasteiger partial charge is 0.442 e. The van der Waals surface area contributed by atoms with Gasteiger partial charge in [0.15, 0.2) is 0 Å². The van der Waals surface area contributed by atoms with Crippen LogP contribution in [0.1, 0.15) is 53.1 Å². The van der Waals surface area contributed by atoms with Gasteiger partial charge < -0.3 is 9.32 Å². The van der Waals surface area contributed by atoms with Gasteiger partial charge in [0.05, 0.1) is 6.20 Å². The fourth-order valence-corrected chi connectivity index (χ4v) is 3.21. The van der Waals surface area contributed by atoms with E-state index in [1.165, 1.54) is 12.5 Å². The molecule has 1 aliphatic heterocycles. The van der Waals surface area contributed by atoms with E-state index in [2.05, 4.69) is 4.98 Å². The number of carbonyl (C=O) groups is 2. The number of nitrogens with zero attached hydrogens (tertiary/aromatic N) is 2.